The molecule has 8 heteroatoms. The highest BCUT2D eigenvalue weighted by molar-refractivity contribution is 5.87. The molecule has 0 fully saturated rings. The molecule has 0 bridgehead atoms. The molecular weight excluding hydrogens is 376 g/mol. The second kappa shape index (κ2) is 8.92. The summed E-state index contributed by atoms with van der Waals surface area (Å²) in [4.78, 5) is 23.5. The van der Waals surface area contributed by atoms with Crippen LogP contribution in [0.5, 0.6) is 17.2 Å². The van der Waals surface area contributed by atoms with Crippen molar-refractivity contribution in [2.75, 3.05) is 20.8 Å². The van der Waals surface area contributed by atoms with E-state index in [1.807, 2.05) is 6.92 Å². The van der Waals surface area contributed by atoms with Crippen molar-refractivity contribution in [3.63, 3.8) is 0 Å². The quantitative estimate of drug-likeness (QED) is 0.374. The third-order valence-electron chi connectivity index (χ3n) is 4.12. The molecule has 2 aromatic carbocycles. The van der Waals surface area contributed by atoms with Gasteiger partial charge >= 0.3 is 5.63 Å². The first kappa shape index (κ1) is 19.9. The number of amides is 1. The van der Waals surface area contributed by atoms with Gasteiger partial charge in [0.1, 0.15) is 11.3 Å². The molecule has 0 saturated heterocycles. The first-order chi connectivity index (χ1) is 14.0. The van der Waals surface area contributed by atoms with Crippen LogP contribution < -0.4 is 25.3 Å². The fraction of sp³-hybridized carbons (Fsp3) is 0.190. The zero-order chi connectivity index (χ0) is 20.8. The Morgan fingerprint density at radius 1 is 1.17 bits per heavy atom. The molecule has 29 heavy (non-hydrogen) atoms. The summed E-state index contributed by atoms with van der Waals surface area (Å²) in [5.74, 6) is 1.02. The van der Waals surface area contributed by atoms with Crippen molar-refractivity contribution in [2.45, 2.75) is 6.92 Å². The summed E-state index contributed by atoms with van der Waals surface area (Å²) in [5.41, 5.74) is 3.80. The van der Waals surface area contributed by atoms with E-state index in [1.165, 1.54) is 26.5 Å². The number of benzene rings is 2. The van der Waals surface area contributed by atoms with Crippen molar-refractivity contribution >= 4 is 23.1 Å². The molecule has 1 amide bonds. The van der Waals surface area contributed by atoms with Crippen molar-refractivity contribution in [3.8, 4) is 17.2 Å². The molecule has 1 aromatic heterocycles. The number of carbonyl (C=O) groups excluding carboxylic acids is 1. The van der Waals surface area contributed by atoms with Crippen molar-refractivity contribution in [3.05, 3.63) is 64.0 Å². The van der Waals surface area contributed by atoms with Crippen LogP contribution in [0.2, 0.25) is 0 Å². The van der Waals surface area contributed by atoms with Gasteiger partial charge in [-0.05, 0) is 36.8 Å². The number of nitrogens with zero attached hydrogens (tertiary/aromatic N) is 1. The van der Waals surface area contributed by atoms with Crippen LogP contribution in [0.1, 0.15) is 11.1 Å². The highest BCUT2D eigenvalue weighted by atomic mass is 16.5. The van der Waals surface area contributed by atoms with E-state index in [1.54, 1.807) is 36.4 Å². The molecule has 0 saturated carbocycles. The van der Waals surface area contributed by atoms with Crippen molar-refractivity contribution in [2.24, 2.45) is 5.10 Å². The van der Waals surface area contributed by atoms with Gasteiger partial charge in [-0.3, -0.25) is 4.79 Å². The van der Waals surface area contributed by atoms with Gasteiger partial charge in [0.15, 0.2) is 18.1 Å². The molecular formula is C21H20N2O6. The lowest BCUT2D eigenvalue weighted by molar-refractivity contribution is -0.123. The number of aryl methyl sites for hydroxylation is 1. The van der Waals surface area contributed by atoms with E-state index in [0.717, 1.165) is 10.9 Å². The maximum absolute atomic E-state index is 12.0. The number of rotatable bonds is 7. The van der Waals surface area contributed by atoms with Crippen molar-refractivity contribution in [1.29, 1.82) is 0 Å². The van der Waals surface area contributed by atoms with Gasteiger partial charge in [-0.2, -0.15) is 5.10 Å². The number of nitrogens with one attached hydrogen (secondary N) is 1. The van der Waals surface area contributed by atoms with Gasteiger partial charge in [0, 0.05) is 23.1 Å². The van der Waals surface area contributed by atoms with E-state index >= 15 is 0 Å². The summed E-state index contributed by atoms with van der Waals surface area (Å²) in [7, 11) is 3.06. The van der Waals surface area contributed by atoms with Crippen LogP contribution in [0.4, 0.5) is 0 Å². The molecule has 150 valence electrons. The zero-order valence-corrected chi connectivity index (χ0v) is 16.2. The first-order valence-electron chi connectivity index (χ1n) is 8.72. The van der Waals surface area contributed by atoms with Gasteiger partial charge in [0.2, 0.25) is 0 Å². The third kappa shape index (κ3) is 4.73. The van der Waals surface area contributed by atoms with Crippen LogP contribution in [0, 0.1) is 6.92 Å². The SMILES string of the molecule is COc1cccc(C=NNC(=O)COc2ccc3c(C)cc(=O)oc3c2)c1OC. The molecule has 8 nitrogen and oxygen atoms in total. The minimum absolute atomic E-state index is 0.256. The molecule has 0 atom stereocenters. The summed E-state index contributed by atoms with van der Waals surface area (Å²) in [6.45, 7) is 1.57. The third-order valence-corrected chi connectivity index (χ3v) is 4.12. The molecule has 0 radical (unpaired) electrons. The number of hydrazone groups is 1. The Labute approximate surface area is 166 Å². The van der Waals surface area contributed by atoms with Gasteiger partial charge < -0.3 is 18.6 Å². The van der Waals surface area contributed by atoms with Gasteiger partial charge in [0.25, 0.3) is 5.91 Å². The number of fused-ring (bicyclic) bond motifs is 1. The van der Waals surface area contributed by atoms with Crippen LogP contribution in [-0.4, -0.2) is 32.9 Å². The standard InChI is InChI=1S/C21H20N2O6/c1-13-9-20(25)29-18-10-15(7-8-16(13)18)28-12-19(24)23-22-11-14-5-4-6-17(26-2)21(14)27-3/h4-11H,12H2,1-3H3,(H,23,24). The van der Waals surface area contributed by atoms with Gasteiger partial charge in [-0.25, -0.2) is 10.2 Å². The maximum Gasteiger partial charge on any atom is 0.336 e. The Morgan fingerprint density at radius 3 is 2.76 bits per heavy atom. The topological polar surface area (TPSA) is 99.4 Å². The second-order valence-electron chi connectivity index (χ2n) is 6.07. The molecule has 3 aromatic rings. The van der Waals surface area contributed by atoms with Gasteiger partial charge in [-0.15, -0.1) is 0 Å². The Kier molecular flexibility index (Phi) is 6.13. The fourth-order valence-electron chi connectivity index (χ4n) is 2.76. The Morgan fingerprint density at radius 2 is 2.00 bits per heavy atom. The number of methoxy groups -OCH3 is 2. The van der Waals surface area contributed by atoms with E-state index in [4.69, 9.17) is 18.6 Å². The number of para-hydroxylation sites is 1. The second-order valence-corrected chi connectivity index (χ2v) is 6.07. The Bertz CT molecular complexity index is 1120. The van der Waals surface area contributed by atoms with Crippen LogP contribution in [0.15, 0.2) is 56.8 Å². The summed E-state index contributed by atoms with van der Waals surface area (Å²) < 4.78 is 21.1. The summed E-state index contributed by atoms with van der Waals surface area (Å²) in [6, 6.07) is 11.8. The van der Waals surface area contributed by atoms with Crippen molar-refractivity contribution in [1.82, 2.24) is 5.43 Å². The van der Waals surface area contributed by atoms with E-state index in [2.05, 4.69) is 10.5 Å². The lowest BCUT2D eigenvalue weighted by Crippen LogP contribution is -2.24. The monoisotopic (exact) mass is 396 g/mol. The number of ether oxygens (including phenoxy) is 3. The average Bonchev–Trinajstić information content (AvgIpc) is 2.71. The first-order valence-corrected chi connectivity index (χ1v) is 8.72. The lowest BCUT2D eigenvalue weighted by atomic mass is 10.1. The Hall–Kier alpha value is -3.81. The minimum atomic E-state index is -0.450. The fourth-order valence-corrected chi connectivity index (χ4v) is 2.76. The molecule has 0 aliphatic rings. The molecule has 1 N–H and O–H groups in total. The van der Waals surface area contributed by atoms with Gasteiger partial charge in [0.05, 0.1) is 20.4 Å². The highest BCUT2D eigenvalue weighted by Gasteiger charge is 2.08. The average molecular weight is 396 g/mol. The summed E-state index contributed by atoms with van der Waals surface area (Å²) >= 11 is 0. The van der Waals surface area contributed by atoms with E-state index < -0.39 is 11.5 Å². The van der Waals surface area contributed by atoms with Crippen LogP contribution in [0.3, 0.4) is 0 Å². The number of hydrogen-bond donors (Lipinski definition) is 1. The van der Waals surface area contributed by atoms with Crippen molar-refractivity contribution < 1.29 is 23.4 Å². The number of carbonyl (C=O) groups is 1. The van der Waals surface area contributed by atoms with Crippen LogP contribution in [0.25, 0.3) is 11.0 Å². The van der Waals surface area contributed by atoms with E-state index in [9.17, 15) is 9.59 Å². The summed E-state index contributed by atoms with van der Waals surface area (Å²) in [5, 5.41) is 4.71. The molecule has 0 unspecified atom stereocenters. The number of hydrogen-bond acceptors (Lipinski definition) is 7. The van der Waals surface area contributed by atoms with Crippen LogP contribution in [-0.2, 0) is 4.79 Å². The predicted octanol–water partition coefficient (Wildman–Crippen LogP) is 2.65. The molecule has 3 rings (SSSR count). The van der Waals surface area contributed by atoms with E-state index in [0.29, 0.717) is 28.4 Å². The van der Waals surface area contributed by atoms with E-state index in [-0.39, 0.29) is 6.61 Å². The molecule has 0 aliphatic heterocycles. The predicted molar refractivity (Wildman–Crippen MR) is 108 cm³/mol. The Balaban J connectivity index is 1.61. The lowest BCUT2D eigenvalue weighted by Gasteiger charge is -2.09. The van der Waals surface area contributed by atoms with Gasteiger partial charge in [-0.1, -0.05) is 6.07 Å². The smallest absolute Gasteiger partial charge is 0.336 e. The normalized spacial score (nSPS) is 10.9. The molecule has 0 aliphatic carbocycles. The zero-order valence-electron chi connectivity index (χ0n) is 16.2. The largest absolute Gasteiger partial charge is 0.493 e. The highest BCUT2D eigenvalue weighted by Crippen LogP contribution is 2.29. The molecule has 1 heterocycles. The maximum atomic E-state index is 12.0. The summed E-state index contributed by atoms with van der Waals surface area (Å²) in [6.07, 6.45) is 1.45. The minimum Gasteiger partial charge on any atom is -0.493 e. The molecule has 0 spiro atoms. The van der Waals surface area contributed by atoms with Crippen LogP contribution >= 0.6 is 0 Å².